The Morgan fingerprint density at radius 3 is 1.56 bits per heavy atom. The molecule has 1 fully saturated rings. The number of hydrogen-bond acceptors (Lipinski definition) is 6. The van der Waals surface area contributed by atoms with Crippen LogP contribution in [0.4, 0.5) is 9.59 Å². The van der Waals surface area contributed by atoms with E-state index in [4.69, 9.17) is 14.2 Å². The van der Waals surface area contributed by atoms with E-state index in [9.17, 15) is 14.4 Å². The van der Waals surface area contributed by atoms with Gasteiger partial charge in [0.15, 0.2) is 12.3 Å². The van der Waals surface area contributed by atoms with Crippen molar-refractivity contribution < 1.29 is 28.6 Å². The second-order valence-electron chi connectivity index (χ2n) is 11.3. The summed E-state index contributed by atoms with van der Waals surface area (Å²) < 4.78 is 17.5. The van der Waals surface area contributed by atoms with E-state index in [1.807, 2.05) is 44.2 Å². The van der Waals surface area contributed by atoms with E-state index in [1.54, 1.807) is 51.3 Å². The zero-order chi connectivity index (χ0) is 27.3. The maximum Gasteiger partial charge on any atom is 0.412 e. The molecule has 1 unspecified atom stereocenters. The molecule has 1 saturated heterocycles. The minimum absolute atomic E-state index is 0.330. The van der Waals surface area contributed by atoms with Gasteiger partial charge in [0.1, 0.15) is 11.2 Å². The van der Waals surface area contributed by atoms with Gasteiger partial charge in [-0.1, -0.05) is 57.0 Å². The van der Waals surface area contributed by atoms with Crippen LogP contribution in [0.3, 0.4) is 0 Å². The molecule has 0 bridgehead atoms. The van der Waals surface area contributed by atoms with Gasteiger partial charge in [-0.25, -0.2) is 9.59 Å². The van der Waals surface area contributed by atoms with E-state index in [0.717, 1.165) is 12.8 Å². The molecule has 1 aromatic rings. The van der Waals surface area contributed by atoms with Gasteiger partial charge in [0, 0.05) is 6.92 Å². The fourth-order valence-corrected chi connectivity index (χ4v) is 4.68. The quantitative estimate of drug-likeness (QED) is 0.314. The molecule has 8 nitrogen and oxygen atoms in total. The average molecular weight is 505 g/mol. The average Bonchev–Trinajstić information content (AvgIpc) is 3.04. The van der Waals surface area contributed by atoms with E-state index < -0.39 is 41.6 Å². The van der Waals surface area contributed by atoms with Gasteiger partial charge in [-0.15, -0.1) is 0 Å². The van der Waals surface area contributed by atoms with E-state index >= 15 is 0 Å². The van der Waals surface area contributed by atoms with Crippen LogP contribution in [0.2, 0.25) is 0 Å². The van der Waals surface area contributed by atoms with Gasteiger partial charge in [0.2, 0.25) is 0 Å². The Balaban J connectivity index is 2.78. The number of esters is 1. The molecule has 1 heterocycles. The first kappa shape index (κ1) is 29.5. The number of benzene rings is 1. The smallest absolute Gasteiger partial charge is 0.412 e. The Morgan fingerprint density at radius 2 is 1.22 bits per heavy atom. The SMILES string of the molecule is CCC[C@@H]1[C@@H](CCC)N(C(=O)OC(C)(C)C)C(C(OC(C)=O)c2ccccc2)N1C(=O)OC(C)(C)C. The summed E-state index contributed by atoms with van der Waals surface area (Å²) in [4.78, 5) is 43.1. The monoisotopic (exact) mass is 504 g/mol. The number of rotatable bonds is 7. The maximum atomic E-state index is 13.8. The highest BCUT2D eigenvalue weighted by atomic mass is 16.6. The van der Waals surface area contributed by atoms with Crippen molar-refractivity contribution in [2.45, 2.75) is 124 Å². The first-order chi connectivity index (χ1) is 16.7. The number of nitrogens with zero attached hydrogens (tertiary/aromatic N) is 2. The lowest BCUT2D eigenvalue weighted by Gasteiger charge is -2.38. The van der Waals surface area contributed by atoms with Crippen molar-refractivity contribution in [1.29, 1.82) is 0 Å². The summed E-state index contributed by atoms with van der Waals surface area (Å²) in [5.41, 5.74) is -0.823. The van der Waals surface area contributed by atoms with Gasteiger partial charge in [-0.05, 0) is 59.9 Å². The van der Waals surface area contributed by atoms with Gasteiger partial charge in [-0.2, -0.15) is 0 Å². The van der Waals surface area contributed by atoms with Crippen LogP contribution in [0.25, 0.3) is 0 Å². The van der Waals surface area contributed by atoms with Crippen LogP contribution in [0, 0.1) is 0 Å². The molecule has 0 aliphatic carbocycles. The standard InChI is InChI=1S/C28H44N2O6/c1-10-15-21-22(16-11-2)30(26(33)36-28(7,8)9)24(29(21)25(32)35-27(4,5)6)23(34-19(3)31)20-17-13-12-14-18-20/h12-14,17-18,21-24H,10-11,15-16H2,1-9H3/t21-,22-,23?/m1/s1. The van der Waals surface area contributed by atoms with Crippen LogP contribution < -0.4 is 0 Å². The third-order valence-corrected chi connectivity index (χ3v) is 5.80. The van der Waals surface area contributed by atoms with E-state index in [2.05, 4.69) is 0 Å². The van der Waals surface area contributed by atoms with Crippen molar-refractivity contribution in [3.05, 3.63) is 35.9 Å². The van der Waals surface area contributed by atoms with E-state index in [-0.39, 0.29) is 12.1 Å². The molecule has 0 aromatic heterocycles. The molecule has 2 rings (SSSR count). The van der Waals surface area contributed by atoms with Crippen molar-refractivity contribution in [1.82, 2.24) is 9.80 Å². The third-order valence-electron chi connectivity index (χ3n) is 5.80. The summed E-state index contributed by atoms with van der Waals surface area (Å²) in [5.74, 6) is -0.511. The highest BCUT2D eigenvalue weighted by molar-refractivity contribution is 5.75. The Bertz CT molecular complexity index is 846. The summed E-state index contributed by atoms with van der Waals surface area (Å²) in [7, 11) is 0. The molecule has 1 aliphatic heterocycles. The number of carbonyl (C=O) groups excluding carboxylic acids is 3. The molecular formula is C28H44N2O6. The van der Waals surface area contributed by atoms with Gasteiger partial charge in [0.05, 0.1) is 12.1 Å². The molecule has 0 radical (unpaired) electrons. The number of carbonyl (C=O) groups is 3. The van der Waals surface area contributed by atoms with Crippen LogP contribution in [-0.2, 0) is 19.0 Å². The molecule has 0 saturated carbocycles. The van der Waals surface area contributed by atoms with Crippen molar-refractivity contribution in [2.75, 3.05) is 0 Å². The topological polar surface area (TPSA) is 85.4 Å². The van der Waals surface area contributed by atoms with Crippen LogP contribution in [0.15, 0.2) is 30.3 Å². The van der Waals surface area contributed by atoms with E-state index in [1.165, 1.54) is 6.92 Å². The Kier molecular flexibility index (Phi) is 9.80. The summed E-state index contributed by atoms with van der Waals surface area (Å²) in [6.07, 6.45) is -0.0650. The first-order valence-corrected chi connectivity index (χ1v) is 12.9. The minimum atomic E-state index is -0.936. The first-order valence-electron chi connectivity index (χ1n) is 12.9. The molecular weight excluding hydrogens is 460 g/mol. The van der Waals surface area contributed by atoms with Crippen molar-refractivity contribution >= 4 is 18.2 Å². The number of amides is 2. The Hall–Kier alpha value is -2.77. The highest BCUT2D eigenvalue weighted by Gasteiger charge is 2.56. The molecule has 36 heavy (non-hydrogen) atoms. The van der Waals surface area contributed by atoms with Gasteiger partial charge < -0.3 is 14.2 Å². The lowest BCUT2D eigenvalue weighted by Crippen LogP contribution is -2.52. The Labute approximate surface area is 216 Å². The molecule has 1 aliphatic rings. The summed E-state index contributed by atoms with van der Waals surface area (Å²) in [5, 5.41) is 0. The van der Waals surface area contributed by atoms with Gasteiger partial charge in [-0.3, -0.25) is 14.6 Å². The summed E-state index contributed by atoms with van der Waals surface area (Å²) >= 11 is 0. The molecule has 0 N–H and O–H groups in total. The number of hydrogen-bond donors (Lipinski definition) is 0. The second-order valence-corrected chi connectivity index (χ2v) is 11.3. The largest absolute Gasteiger partial charge is 0.453 e. The van der Waals surface area contributed by atoms with Crippen LogP contribution in [-0.4, -0.2) is 57.4 Å². The summed E-state index contributed by atoms with van der Waals surface area (Å²) in [6, 6.07) is 8.53. The fourth-order valence-electron chi connectivity index (χ4n) is 4.68. The van der Waals surface area contributed by atoms with Crippen molar-refractivity contribution in [3.63, 3.8) is 0 Å². The normalized spacial score (nSPS) is 19.7. The molecule has 1 aromatic carbocycles. The lowest BCUT2D eigenvalue weighted by atomic mass is 9.99. The zero-order valence-electron chi connectivity index (χ0n) is 23.4. The number of ether oxygens (including phenoxy) is 3. The predicted molar refractivity (Wildman–Crippen MR) is 138 cm³/mol. The Morgan fingerprint density at radius 1 is 0.806 bits per heavy atom. The van der Waals surface area contributed by atoms with Crippen LogP contribution >= 0.6 is 0 Å². The highest BCUT2D eigenvalue weighted by Crippen LogP contribution is 2.41. The maximum absolute atomic E-state index is 13.8. The van der Waals surface area contributed by atoms with Gasteiger partial charge >= 0.3 is 18.2 Å². The zero-order valence-corrected chi connectivity index (χ0v) is 23.4. The minimum Gasteiger partial charge on any atom is -0.453 e. The van der Waals surface area contributed by atoms with Gasteiger partial charge in [0.25, 0.3) is 0 Å². The predicted octanol–water partition coefficient (Wildman–Crippen LogP) is 6.44. The fraction of sp³-hybridized carbons (Fsp3) is 0.679. The van der Waals surface area contributed by atoms with Crippen LogP contribution in [0.5, 0.6) is 0 Å². The third kappa shape index (κ3) is 7.61. The molecule has 0 spiro atoms. The lowest BCUT2D eigenvalue weighted by molar-refractivity contribution is -0.153. The second kappa shape index (κ2) is 12.0. The van der Waals surface area contributed by atoms with Crippen molar-refractivity contribution in [2.24, 2.45) is 0 Å². The van der Waals surface area contributed by atoms with Crippen molar-refractivity contribution in [3.8, 4) is 0 Å². The molecule has 2 amide bonds. The van der Waals surface area contributed by atoms with Crippen LogP contribution in [0.1, 0.15) is 99.7 Å². The molecule has 8 heteroatoms. The molecule has 202 valence electrons. The van der Waals surface area contributed by atoms with E-state index in [0.29, 0.717) is 18.4 Å². The molecule has 3 atom stereocenters. The summed E-state index contributed by atoms with van der Waals surface area (Å²) in [6.45, 7) is 16.3.